The molecule has 1 atom stereocenters. The Labute approximate surface area is 158 Å². The number of alkyl carbamates (subject to hydrolysis) is 1. The molecule has 1 amide bonds. The van der Waals surface area contributed by atoms with E-state index >= 15 is 0 Å². The number of carboxylic acid groups (broad SMARTS) is 1. The highest BCUT2D eigenvalue weighted by molar-refractivity contribution is 5.79. The van der Waals surface area contributed by atoms with E-state index < -0.39 is 12.1 Å². The Bertz CT molecular complexity index is 813. The monoisotopic (exact) mass is 365 g/mol. The third-order valence-corrected chi connectivity index (χ3v) is 5.76. The molecule has 1 fully saturated rings. The number of rotatable bonds is 6. The number of aliphatic carboxylic acids is 1. The quantitative estimate of drug-likeness (QED) is 0.806. The summed E-state index contributed by atoms with van der Waals surface area (Å²) in [4.78, 5) is 23.4. The molecule has 5 heteroatoms. The molecule has 0 bridgehead atoms. The lowest BCUT2D eigenvalue weighted by Gasteiger charge is -2.33. The van der Waals surface area contributed by atoms with Crippen LogP contribution in [0.1, 0.15) is 42.7 Å². The van der Waals surface area contributed by atoms with Crippen molar-refractivity contribution in [2.45, 2.75) is 37.6 Å². The van der Waals surface area contributed by atoms with Crippen molar-refractivity contribution in [2.75, 3.05) is 6.61 Å². The first kappa shape index (κ1) is 17.6. The van der Waals surface area contributed by atoms with Crippen LogP contribution in [0.25, 0.3) is 11.1 Å². The molecule has 1 unspecified atom stereocenters. The van der Waals surface area contributed by atoms with Crippen LogP contribution in [0.4, 0.5) is 4.79 Å². The van der Waals surface area contributed by atoms with E-state index in [4.69, 9.17) is 9.84 Å². The first-order valence-corrected chi connectivity index (χ1v) is 9.47. The maximum Gasteiger partial charge on any atom is 0.407 e. The van der Waals surface area contributed by atoms with Gasteiger partial charge < -0.3 is 15.2 Å². The highest BCUT2D eigenvalue weighted by Crippen LogP contribution is 2.44. The molecule has 0 aliphatic heterocycles. The third-order valence-electron chi connectivity index (χ3n) is 5.76. The van der Waals surface area contributed by atoms with Crippen LogP contribution in [-0.4, -0.2) is 29.8 Å². The highest BCUT2D eigenvalue weighted by Gasteiger charge is 2.32. The molecule has 4 rings (SSSR count). The molecule has 2 N–H and O–H groups in total. The average Bonchev–Trinajstić information content (AvgIpc) is 2.92. The topological polar surface area (TPSA) is 75.6 Å². The minimum atomic E-state index is -0.897. The molecule has 0 aromatic heterocycles. The Morgan fingerprint density at radius 2 is 1.63 bits per heavy atom. The minimum absolute atomic E-state index is 0.00442. The number of carbonyl (C=O) groups excluding carboxylic acids is 1. The summed E-state index contributed by atoms with van der Waals surface area (Å²) in [6.45, 7) is 0.240. The lowest BCUT2D eigenvalue weighted by atomic mass is 9.78. The molecule has 2 aliphatic rings. The number of amides is 1. The van der Waals surface area contributed by atoms with Crippen molar-refractivity contribution in [3.63, 3.8) is 0 Å². The molecule has 2 aliphatic carbocycles. The van der Waals surface area contributed by atoms with Crippen LogP contribution in [0.2, 0.25) is 0 Å². The average molecular weight is 365 g/mol. The van der Waals surface area contributed by atoms with Crippen molar-refractivity contribution in [2.24, 2.45) is 5.92 Å². The number of nitrogens with one attached hydrogen (secondary N) is 1. The van der Waals surface area contributed by atoms with Gasteiger partial charge in [0.25, 0.3) is 0 Å². The van der Waals surface area contributed by atoms with Crippen molar-refractivity contribution in [1.29, 1.82) is 0 Å². The van der Waals surface area contributed by atoms with E-state index in [2.05, 4.69) is 29.6 Å². The second-order valence-electron chi connectivity index (χ2n) is 7.37. The van der Waals surface area contributed by atoms with Gasteiger partial charge in [0.2, 0.25) is 0 Å². The van der Waals surface area contributed by atoms with Gasteiger partial charge in [-0.1, -0.05) is 55.0 Å². The normalized spacial score (nSPS) is 16.7. The Morgan fingerprint density at radius 1 is 1.04 bits per heavy atom. The van der Waals surface area contributed by atoms with Gasteiger partial charge in [-0.3, -0.25) is 4.79 Å². The number of carbonyl (C=O) groups is 2. The van der Waals surface area contributed by atoms with E-state index in [0.29, 0.717) is 0 Å². The number of carboxylic acids is 1. The lowest BCUT2D eigenvalue weighted by molar-refractivity contribution is -0.138. The summed E-state index contributed by atoms with van der Waals surface area (Å²) in [6.07, 6.45) is 2.42. The number of hydrogen-bond acceptors (Lipinski definition) is 3. The standard InChI is InChI=1S/C22H23NO4/c24-21(25)12-20(14-6-5-7-14)23-22(26)27-13-19-17-10-3-1-8-15(17)16-9-2-4-11-18(16)19/h1-4,8-11,14,19-20H,5-7,12-13H2,(H,23,26)(H,24,25). The van der Waals surface area contributed by atoms with E-state index in [-0.39, 0.29) is 30.9 Å². The Kier molecular flexibility index (Phi) is 4.84. The first-order chi connectivity index (χ1) is 13.1. The van der Waals surface area contributed by atoms with E-state index in [0.717, 1.165) is 30.4 Å². The van der Waals surface area contributed by atoms with Crippen LogP contribution >= 0.6 is 0 Å². The fraction of sp³-hybridized carbons (Fsp3) is 0.364. The van der Waals surface area contributed by atoms with E-state index in [9.17, 15) is 9.59 Å². The van der Waals surface area contributed by atoms with E-state index in [1.807, 2.05) is 24.3 Å². The van der Waals surface area contributed by atoms with Crippen LogP contribution in [0.5, 0.6) is 0 Å². The van der Waals surface area contributed by atoms with Crippen LogP contribution in [0.3, 0.4) is 0 Å². The van der Waals surface area contributed by atoms with Gasteiger partial charge in [0.15, 0.2) is 0 Å². The zero-order valence-electron chi connectivity index (χ0n) is 15.1. The van der Waals surface area contributed by atoms with Crippen LogP contribution < -0.4 is 5.32 Å². The number of ether oxygens (including phenoxy) is 1. The van der Waals surface area contributed by atoms with E-state index in [1.165, 1.54) is 11.1 Å². The Balaban J connectivity index is 1.43. The predicted molar refractivity (Wildman–Crippen MR) is 102 cm³/mol. The van der Waals surface area contributed by atoms with Crippen molar-refractivity contribution in [1.82, 2.24) is 5.32 Å². The molecule has 0 saturated heterocycles. The van der Waals surface area contributed by atoms with Gasteiger partial charge in [0, 0.05) is 12.0 Å². The van der Waals surface area contributed by atoms with Crippen LogP contribution in [0, 0.1) is 5.92 Å². The summed E-state index contributed by atoms with van der Waals surface area (Å²) in [5.74, 6) is -0.655. The summed E-state index contributed by atoms with van der Waals surface area (Å²) in [5.41, 5.74) is 4.68. The molecule has 2 aromatic rings. The Morgan fingerprint density at radius 3 is 2.15 bits per heavy atom. The highest BCUT2D eigenvalue weighted by atomic mass is 16.5. The van der Waals surface area contributed by atoms with Crippen molar-refractivity contribution in [3.8, 4) is 11.1 Å². The first-order valence-electron chi connectivity index (χ1n) is 9.47. The lowest BCUT2D eigenvalue weighted by Crippen LogP contribution is -2.44. The molecule has 140 valence electrons. The van der Waals surface area contributed by atoms with Gasteiger partial charge in [-0.25, -0.2) is 4.79 Å². The van der Waals surface area contributed by atoms with Gasteiger partial charge in [0.05, 0.1) is 6.42 Å². The van der Waals surface area contributed by atoms with Gasteiger partial charge in [-0.15, -0.1) is 0 Å². The predicted octanol–water partition coefficient (Wildman–Crippen LogP) is 4.17. The largest absolute Gasteiger partial charge is 0.481 e. The molecule has 1 saturated carbocycles. The van der Waals surface area contributed by atoms with Gasteiger partial charge in [0.1, 0.15) is 6.61 Å². The van der Waals surface area contributed by atoms with E-state index in [1.54, 1.807) is 0 Å². The molecular formula is C22H23NO4. The molecule has 0 heterocycles. The number of benzene rings is 2. The van der Waals surface area contributed by atoms with Gasteiger partial charge in [-0.05, 0) is 41.0 Å². The van der Waals surface area contributed by atoms with Crippen molar-refractivity contribution >= 4 is 12.1 Å². The zero-order chi connectivity index (χ0) is 18.8. The number of hydrogen-bond donors (Lipinski definition) is 2. The van der Waals surface area contributed by atoms with Crippen molar-refractivity contribution < 1.29 is 19.4 Å². The summed E-state index contributed by atoms with van der Waals surface area (Å²) < 4.78 is 5.53. The second-order valence-corrected chi connectivity index (χ2v) is 7.37. The van der Waals surface area contributed by atoms with Crippen LogP contribution in [-0.2, 0) is 9.53 Å². The second kappa shape index (κ2) is 7.43. The zero-order valence-corrected chi connectivity index (χ0v) is 15.1. The van der Waals surface area contributed by atoms with Crippen molar-refractivity contribution in [3.05, 3.63) is 59.7 Å². The molecule has 5 nitrogen and oxygen atoms in total. The summed E-state index contributed by atoms with van der Waals surface area (Å²) in [6, 6.07) is 16.0. The fourth-order valence-electron chi connectivity index (χ4n) is 4.16. The fourth-order valence-corrected chi connectivity index (χ4v) is 4.16. The summed E-state index contributed by atoms with van der Waals surface area (Å²) in [5, 5.41) is 11.9. The van der Waals surface area contributed by atoms with Gasteiger partial charge in [-0.2, -0.15) is 0 Å². The Hall–Kier alpha value is -2.82. The molecular weight excluding hydrogens is 342 g/mol. The molecule has 0 radical (unpaired) electrons. The number of fused-ring (bicyclic) bond motifs is 3. The minimum Gasteiger partial charge on any atom is -0.481 e. The van der Waals surface area contributed by atoms with Crippen LogP contribution in [0.15, 0.2) is 48.5 Å². The summed E-state index contributed by atoms with van der Waals surface area (Å²) >= 11 is 0. The smallest absolute Gasteiger partial charge is 0.407 e. The molecule has 27 heavy (non-hydrogen) atoms. The van der Waals surface area contributed by atoms with Gasteiger partial charge >= 0.3 is 12.1 Å². The summed E-state index contributed by atoms with van der Waals surface area (Å²) in [7, 11) is 0. The maximum atomic E-state index is 12.3. The SMILES string of the molecule is O=C(O)CC(NC(=O)OCC1c2ccccc2-c2ccccc21)C1CCC1. The molecule has 2 aromatic carbocycles. The third kappa shape index (κ3) is 3.54. The molecule has 0 spiro atoms. The maximum absolute atomic E-state index is 12.3.